The standard InChI is InChI=1S/C7H10O3/c1-4-2-5(8)7(10)6(9)3-4/h2,6-10H,1,3H2/p-1. The van der Waals surface area contributed by atoms with Gasteiger partial charge in [-0.3, -0.25) is 0 Å². The molecule has 2 N–H and O–H groups in total. The van der Waals surface area contributed by atoms with Gasteiger partial charge >= 0.3 is 0 Å². The third kappa shape index (κ3) is 1.20. The van der Waals surface area contributed by atoms with E-state index in [1.54, 1.807) is 0 Å². The van der Waals surface area contributed by atoms with Crippen molar-refractivity contribution in [3.05, 3.63) is 24.0 Å². The van der Waals surface area contributed by atoms with Gasteiger partial charge in [0.05, 0.1) is 12.2 Å². The van der Waals surface area contributed by atoms with Crippen molar-refractivity contribution in [1.29, 1.82) is 0 Å². The van der Waals surface area contributed by atoms with Crippen LogP contribution in [0.25, 0.3) is 0 Å². The number of allylic oxidation sites excluding steroid dienone is 1. The van der Waals surface area contributed by atoms with Crippen molar-refractivity contribution in [2.75, 3.05) is 0 Å². The molecule has 2 atom stereocenters. The molecule has 2 unspecified atom stereocenters. The van der Waals surface area contributed by atoms with E-state index in [9.17, 15) is 5.11 Å². The lowest BCUT2D eigenvalue weighted by atomic mass is 9.97. The predicted molar refractivity (Wildman–Crippen MR) is 33.9 cm³/mol. The molecule has 0 radical (unpaired) electrons. The predicted octanol–water partition coefficient (Wildman–Crippen LogP) is -1.09. The van der Waals surface area contributed by atoms with Crippen molar-refractivity contribution in [3.8, 4) is 0 Å². The van der Waals surface area contributed by atoms with Gasteiger partial charge in [0.15, 0.2) is 0 Å². The van der Waals surface area contributed by atoms with Crippen LogP contribution in [-0.2, 0) is 0 Å². The van der Waals surface area contributed by atoms with Gasteiger partial charge in [0, 0.05) is 6.42 Å². The highest BCUT2D eigenvalue weighted by Crippen LogP contribution is 2.18. The fraction of sp³-hybridized carbons (Fsp3) is 0.429. The minimum atomic E-state index is -1.24. The maximum Gasteiger partial charge on any atom is 0.0913 e. The third-order valence-electron chi connectivity index (χ3n) is 1.47. The SMILES string of the molecule is C=C1C=C([O-])C(O)C(O)C1. The van der Waals surface area contributed by atoms with Crippen LogP contribution in [0.2, 0.25) is 0 Å². The van der Waals surface area contributed by atoms with Crippen LogP contribution >= 0.6 is 0 Å². The fourth-order valence-electron chi connectivity index (χ4n) is 0.915. The Morgan fingerprint density at radius 2 is 2.20 bits per heavy atom. The fourth-order valence-corrected chi connectivity index (χ4v) is 0.915. The number of rotatable bonds is 0. The summed E-state index contributed by atoms with van der Waals surface area (Å²) < 4.78 is 0. The Bertz CT molecular complexity index is 183. The summed E-state index contributed by atoms with van der Waals surface area (Å²) in [5, 5.41) is 28.5. The molecule has 1 aliphatic rings. The zero-order valence-electron chi connectivity index (χ0n) is 5.45. The van der Waals surface area contributed by atoms with Crippen LogP contribution in [0.15, 0.2) is 24.0 Å². The van der Waals surface area contributed by atoms with E-state index in [-0.39, 0.29) is 6.42 Å². The molecular formula is C7H9O3-. The second kappa shape index (κ2) is 2.44. The average Bonchev–Trinajstić information content (AvgIpc) is 1.82. The van der Waals surface area contributed by atoms with Crippen molar-refractivity contribution >= 4 is 0 Å². The lowest BCUT2D eigenvalue weighted by Crippen LogP contribution is -2.36. The first-order chi connectivity index (χ1) is 4.61. The lowest BCUT2D eigenvalue weighted by Gasteiger charge is -2.29. The first kappa shape index (κ1) is 7.31. The Kier molecular flexibility index (Phi) is 1.78. The van der Waals surface area contributed by atoms with Crippen LogP contribution in [0.3, 0.4) is 0 Å². The molecule has 0 heterocycles. The summed E-state index contributed by atoms with van der Waals surface area (Å²) >= 11 is 0. The highest BCUT2D eigenvalue weighted by Gasteiger charge is 2.19. The zero-order chi connectivity index (χ0) is 7.72. The third-order valence-corrected chi connectivity index (χ3v) is 1.47. The molecule has 0 aromatic carbocycles. The second-order valence-corrected chi connectivity index (χ2v) is 2.42. The van der Waals surface area contributed by atoms with Crippen LogP contribution in [0, 0.1) is 0 Å². The Balaban J connectivity index is 2.80. The molecule has 1 rings (SSSR count). The molecule has 1 aliphatic carbocycles. The number of aliphatic hydroxyl groups excluding tert-OH is 2. The Morgan fingerprint density at radius 1 is 1.60 bits per heavy atom. The quantitative estimate of drug-likeness (QED) is 0.450. The van der Waals surface area contributed by atoms with E-state index in [0.717, 1.165) is 0 Å². The minimum absolute atomic E-state index is 0.285. The first-order valence-corrected chi connectivity index (χ1v) is 3.04. The molecule has 0 aliphatic heterocycles. The summed E-state index contributed by atoms with van der Waals surface area (Å²) in [5.74, 6) is -0.455. The van der Waals surface area contributed by atoms with Gasteiger partial charge in [0.2, 0.25) is 0 Å². The summed E-state index contributed by atoms with van der Waals surface area (Å²) in [6, 6.07) is 0. The second-order valence-electron chi connectivity index (χ2n) is 2.42. The van der Waals surface area contributed by atoms with Crippen molar-refractivity contribution in [3.63, 3.8) is 0 Å². The highest BCUT2D eigenvalue weighted by atomic mass is 16.4. The van der Waals surface area contributed by atoms with E-state index >= 15 is 0 Å². The summed E-state index contributed by atoms with van der Waals surface area (Å²) in [4.78, 5) is 0. The van der Waals surface area contributed by atoms with Gasteiger partial charge in [-0.15, -0.1) is 5.76 Å². The van der Waals surface area contributed by atoms with Crippen molar-refractivity contribution in [2.45, 2.75) is 18.6 Å². The van der Waals surface area contributed by atoms with E-state index < -0.39 is 18.0 Å². The van der Waals surface area contributed by atoms with E-state index in [2.05, 4.69) is 6.58 Å². The average molecular weight is 141 g/mol. The van der Waals surface area contributed by atoms with Crippen LogP contribution in [0.5, 0.6) is 0 Å². The van der Waals surface area contributed by atoms with E-state index in [0.29, 0.717) is 5.57 Å². The number of aliphatic hydroxyl groups is 2. The molecule has 0 saturated carbocycles. The largest absolute Gasteiger partial charge is 0.874 e. The van der Waals surface area contributed by atoms with Crippen molar-refractivity contribution in [2.24, 2.45) is 0 Å². The molecule has 56 valence electrons. The number of hydrogen-bond donors (Lipinski definition) is 2. The lowest BCUT2D eigenvalue weighted by molar-refractivity contribution is -0.326. The topological polar surface area (TPSA) is 63.5 Å². The smallest absolute Gasteiger partial charge is 0.0913 e. The Morgan fingerprint density at radius 3 is 2.70 bits per heavy atom. The van der Waals surface area contributed by atoms with Crippen molar-refractivity contribution in [1.82, 2.24) is 0 Å². The van der Waals surface area contributed by atoms with Crippen LogP contribution in [-0.4, -0.2) is 22.4 Å². The summed E-state index contributed by atoms with van der Waals surface area (Å²) in [6.45, 7) is 3.50. The Hall–Kier alpha value is -0.800. The molecule has 0 fully saturated rings. The van der Waals surface area contributed by atoms with Crippen LogP contribution in [0.1, 0.15) is 6.42 Å². The maximum atomic E-state index is 10.7. The summed E-state index contributed by atoms with van der Waals surface area (Å²) in [7, 11) is 0. The van der Waals surface area contributed by atoms with Gasteiger partial charge in [0.1, 0.15) is 0 Å². The van der Waals surface area contributed by atoms with Gasteiger partial charge in [0.25, 0.3) is 0 Å². The van der Waals surface area contributed by atoms with Gasteiger partial charge in [-0.05, 0) is 0 Å². The summed E-state index contributed by atoms with van der Waals surface area (Å²) in [6.07, 6.45) is -0.667. The van der Waals surface area contributed by atoms with E-state index in [1.807, 2.05) is 0 Å². The van der Waals surface area contributed by atoms with E-state index in [4.69, 9.17) is 10.2 Å². The highest BCUT2D eigenvalue weighted by molar-refractivity contribution is 5.24. The first-order valence-electron chi connectivity index (χ1n) is 3.04. The van der Waals surface area contributed by atoms with Crippen molar-refractivity contribution < 1.29 is 15.3 Å². The number of hydrogen-bond acceptors (Lipinski definition) is 3. The zero-order valence-corrected chi connectivity index (χ0v) is 5.45. The molecule has 0 aromatic rings. The van der Waals surface area contributed by atoms with Gasteiger partial charge in [-0.2, -0.15) is 0 Å². The molecule has 3 nitrogen and oxygen atoms in total. The van der Waals surface area contributed by atoms with Crippen LogP contribution in [0.4, 0.5) is 0 Å². The molecule has 0 saturated heterocycles. The van der Waals surface area contributed by atoms with Crippen LogP contribution < -0.4 is 5.11 Å². The Labute approximate surface area is 58.9 Å². The van der Waals surface area contributed by atoms with Gasteiger partial charge in [-0.1, -0.05) is 18.2 Å². The molecule has 0 spiro atoms. The van der Waals surface area contributed by atoms with E-state index in [1.165, 1.54) is 6.08 Å². The van der Waals surface area contributed by atoms with Gasteiger partial charge in [-0.25, -0.2) is 0 Å². The monoisotopic (exact) mass is 141 g/mol. The molecular weight excluding hydrogens is 132 g/mol. The molecule has 0 amide bonds. The molecule has 0 aromatic heterocycles. The maximum absolute atomic E-state index is 10.7. The molecule has 10 heavy (non-hydrogen) atoms. The normalized spacial score (nSPS) is 33.8. The minimum Gasteiger partial charge on any atom is -0.874 e. The summed E-state index contributed by atoms with van der Waals surface area (Å²) in [5.41, 5.74) is 0.572. The van der Waals surface area contributed by atoms with Gasteiger partial charge < -0.3 is 15.3 Å². The molecule has 3 heteroatoms. The molecule has 0 bridgehead atoms.